The molecule has 0 saturated heterocycles. The summed E-state index contributed by atoms with van der Waals surface area (Å²) in [4.78, 5) is 0.225. The lowest BCUT2D eigenvalue weighted by Crippen LogP contribution is -2.36. The zero-order valence-electron chi connectivity index (χ0n) is 12.0. The summed E-state index contributed by atoms with van der Waals surface area (Å²) >= 11 is 3.27. The van der Waals surface area contributed by atoms with Crippen LogP contribution in [-0.4, -0.2) is 39.5 Å². The Bertz CT molecular complexity index is 547. The van der Waals surface area contributed by atoms with Crippen molar-refractivity contribution in [2.45, 2.75) is 18.7 Å². The highest BCUT2D eigenvalue weighted by atomic mass is 79.9. The first-order valence-electron chi connectivity index (χ1n) is 6.33. The van der Waals surface area contributed by atoms with Crippen molar-refractivity contribution in [1.29, 1.82) is 0 Å². The number of ether oxygens (including phenoxy) is 1. The van der Waals surface area contributed by atoms with Crippen molar-refractivity contribution in [3.8, 4) is 0 Å². The highest BCUT2D eigenvalue weighted by Crippen LogP contribution is 2.27. The van der Waals surface area contributed by atoms with Gasteiger partial charge in [-0.3, -0.25) is 0 Å². The summed E-state index contributed by atoms with van der Waals surface area (Å²) in [5.41, 5.74) is 6.17. The number of nitrogen functional groups attached to an aromatic ring is 1. The van der Waals surface area contributed by atoms with Crippen molar-refractivity contribution in [2.75, 3.05) is 32.5 Å². The highest BCUT2D eigenvalue weighted by Gasteiger charge is 2.26. The first kappa shape index (κ1) is 17.4. The molecule has 7 heteroatoms. The molecule has 2 N–H and O–H groups in total. The fraction of sp³-hybridized carbons (Fsp3) is 0.538. The van der Waals surface area contributed by atoms with Crippen molar-refractivity contribution >= 4 is 31.6 Å². The number of benzene rings is 1. The average molecular weight is 365 g/mol. The molecule has 0 bridgehead atoms. The van der Waals surface area contributed by atoms with Gasteiger partial charge in [-0.1, -0.05) is 13.8 Å². The number of sulfonamides is 1. The number of hydrogen-bond acceptors (Lipinski definition) is 4. The second kappa shape index (κ2) is 7.40. The second-order valence-electron chi connectivity index (χ2n) is 4.94. The molecule has 20 heavy (non-hydrogen) atoms. The van der Waals surface area contributed by atoms with Crippen LogP contribution in [0.2, 0.25) is 0 Å². The Labute approximate surface area is 129 Å². The van der Waals surface area contributed by atoms with Crippen LogP contribution in [0.5, 0.6) is 0 Å². The van der Waals surface area contributed by atoms with Gasteiger partial charge in [0.05, 0.1) is 11.5 Å². The van der Waals surface area contributed by atoms with Crippen molar-refractivity contribution < 1.29 is 13.2 Å². The topological polar surface area (TPSA) is 72.6 Å². The zero-order valence-corrected chi connectivity index (χ0v) is 14.4. The maximum atomic E-state index is 12.7. The normalized spacial score (nSPS) is 12.3. The van der Waals surface area contributed by atoms with Crippen LogP contribution in [0.15, 0.2) is 27.6 Å². The summed E-state index contributed by atoms with van der Waals surface area (Å²) in [7, 11) is -2.01. The standard InChI is InChI=1S/C13H21BrN2O3S/c1-10(2)9-16(6-7-19-3)20(17,18)13-5-4-11(15)8-12(13)14/h4-5,8,10H,6-7,9,15H2,1-3H3. The van der Waals surface area contributed by atoms with Crippen molar-refractivity contribution in [1.82, 2.24) is 4.31 Å². The molecule has 0 aliphatic carbocycles. The largest absolute Gasteiger partial charge is 0.399 e. The Kier molecular flexibility index (Phi) is 6.44. The Hall–Kier alpha value is -0.630. The van der Waals surface area contributed by atoms with E-state index in [1.165, 1.54) is 10.4 Å². The minimum absolute atomic E-state index is 0.225. The van der Waals surface area contributed by atoms with E-state index < -0.39 is 10.0 Å². The molecule has 114 valence electrons. The van der Waals surface area contributed by atoms with Crippen molar-refractivity contribution in [3.05, 3.63) is 22.7 Å². The maximum absolute atomic E-state index is 12.7. The van der Waals surface area contributed by atoms with Gasteiger partial charge in [0.2, 0.25) is 10.0 Å². The van der Waals surface area contributed by atoms with E-state index in [4.69, 9.17) is 10.5 Å². The van der Waals surface area contributed by atoms with Crippen LogP contribution in [0.4, 0.5) is 5.69 Å². The molecule has 0 unspecified atom stereocenters. The van der Waals surface area contributed by atoms with E-state index in [0.29, 0.717) is 29.9 Å². The van der Waals surface area contributed by atoms with Gasteiger partial charge >= 0.3 is 0 Å². The van der Waals surface area contributed by atoms with Gasteiger partial charge in [0.25, 0.3) is 0 Å². The van der Waals surface area contributed by atoms with E-state index in [0.717, 1.165) is 0 Å². The molecule has 1 aromatic rings. The molecule has 0 spiro atoms. The summed E-state index contributed by atoms with van der Waals surface area (Å²) in [5.74, 6) is 0.231. The number of nitrogens with zero attached hydrogens (tertiary/aromatic N) is 1. The van der Waals surface area contributed by atoms with Crippen LogP contribution in [-0.2, 0) is 14.8 Å². The SMILES string of the molecule is COCCN(CC(C)C)S(=O)(=O)c1ccc(N)cc1Br. The quantitative estimate of drug-likeness (QED) is 0.753. The molecule has 0 fully saturated rings. The summed E-state index contributed by atoms with van der Waals surface area (Å²) in [5, 5.41) is 0. The fourth-order valence-corrected chi connectivity index (χ4v) is 4.42. The highest BCUT2D eigenvalue weighted by molar-refractivity contribution is 9.10. The Morgan fingerprint density at radius 3 is 2.55 bits per heavy atom. The van der Waals surface area contributed by atoms with Crippen molar-refractivity contribution in [2.24, 2.45) is 5.92 Å². The third-order valence-electron chi connectivity index (χ3n) is 2.69. The third-order valence-corrected chi connectivity index (χ3v) is 5.53. The molecular formula is C13H21BrN2O3S. The van der Waals surface area contributed by atoms with E-state index in [9.17, 15) is 8.42 Å². The monoisotopic (exact) mass is 364 g/mol. The van der Waals surface area contributed by atoms with Gasteiger partial charge in [-0.15, -0.1) is 0 Å². The number of nitrogens with two attached hydrogens (primary N) is 1. The molecular weight excluding hydrogens is 344 g/mol. The summed E-state index contributed by atoms with van der Waals surface area (Å²) in [6.07, 6.45) is 0. The minimum Gasteiger partial charge on any atom is -0.399 e. The van der Waals surface area contributed by atoms with E-state index in [2.05, 4.69) is 15.9 Å². The predicted molar refractivity (Wildman–Crippen MR) is 84.0 cm³/mol. The van der Waals surface area contributed by atoms with Gasteiger partial charge in [-0.2, -0.15) is 4.31 Å². The lowest BCUT2D eigenvalue weighted by molar-refractivity contribution is 0.175. The van der Waals surface area contributed by atoms with Gasteiger partial charge < -0.3 is 10.5 Å². The van der Waals surface area contributed by atoms with Gasteiger partial charge in [0.1, 0.15) is 0 Å². The van der Waals surface area contributed by atoms with Crippen LogP contribution < -0.4 is 5.73 Å². The molecule has 1 rings (SSSR count). The molecule has 0 aliphatic rings. The van der Waals surface area contributed by atoms with E-state index in [-0.39, 0.29) is 10.8 Å². The number of methoxy groups -OCH3 is 1. The molecule has 0 amide bonds. The van der Waals surface area contributed by atoms with Crippen LogP contribution >= 0.6 is 15.9 Å². The molecule has 0 aromatic heterocycles. The Balaban J connectivity index is 3.14. The van der Waals surface area contributed by atoms with Gasteiger partial charge in [-0.25, -0.2) is 8.42 Å². The first-order valence-corrected chi connectivity index (χ1v) is 8.56. The Morgan fingerprint density at radius 1 is 1.40 bits per heavy atom. The smallest absolute Gasteiger partial charge is 0.244 e. The van der Waals surface area contributed by atoms with Crippen LogP contribution in [0.25, 0.3) is 0 Å². The molecule has 0 aliphatic heterocycles. The summed E-state index contributed by atoms with van der Waals surface area (Å²) in [6.45, 7) is 5.09. The van der Waals surface area contributed by atoms with Crippen molar-refractivity contribution in [3.63, 3.8) is 0 Å². The average Bonchev–Trinajstić information content (AvgIpc) is 2.33. The van der Waals surface area contributed by atoms with Crippen LogP contribution in [0.3, 0.4) is 0 Å². The van der Waals surface area contributed by atoms with Crippen LogP contribution in [0.1, 0.15) is 13.8 Å². The second-order valence-corrected chi connectivity index (χ2v) is 7.70. The fourth-order valence-electron chi connectivity index (χ4n) is 1.78. The third kappa shape index (κ3) is 4.44. The lowest BCUT2D eigenvalue weighted by atomic mass is 10.2. The van der Waals surface area contributed by atoms with E-state index in [1.54, 1.807) is 19.2 Å². The molecule has 1 aromatic carbocycles. The van der Waals surface area contributed by atoms with Gasteiger partial charge in [-0.05, 0) is 40.0 Å². The number of hydrogen-bond donors (Lipinski definition) is 1. The molecule has 0 atom stereocenters. The molecule has 0 radical (unpaired) electrons. The maximum Gasteiger partial charge on any atom is 0.244 e. The van der Waals surface area contributed by atoms with Gasteiger partial charge in [0, 0.05) is 30.4 Å². The van der Waals surface area contributed by atoms with E-state index >= 15 is 0 Å². The molecule has 0 heterocycles. The first-order chi connectivity index (χ1) is 9.28. The van der Waals surface area contributed by atoms with E-state index in [1.807, 2.05) is 13.8 Å². The number of halogens is 1. The lowest BCUT2D eigenvalue weighted by Gasteiger charge is -2.24. The Morgan fingerprint density at radius 2 is 2.05 bits per heavy atom. The van der Waals surface area contributed by atoms with Crippen LogP contribution in [0, 0.1) is 5.92 Å². The number of rotatable bonds is 7. The number of anilines is 1. The molecule has 0 saturated carbocycles. The summed E-state index contributed by atoms with van der Waals surface area (Å²) in [6, 6.07) is 4.70. The zero-order chi connectivity index (χ0) is 15.3. The molecule has 5 nitrogen and oxygen atoms in total. The minimum atomic E-state index is -3.56. The summed E-state index contributed by atoms with van der Waals surface area (Å²) < 4.78 is 32.3. The van der Waals surface area contributed by atoms with Gasteiger partial charge in [0.15, 0.2) is 0 Å². The predicted octanol–water partition coefficient (Wildman–Crippen LogP) is 2.32.